The molecule has 0 spiro atoms. The number of carbonyl (C=O) groups is 2. The third kappa shape index (κ3) is 5.21. The predicted octanol–water partition coefficient (Wildman–Crippen LogP) is 5.67. The molecule has 192 valence electrons. The Balaban J connectivity index is 1.16. The van der Waals surface area contributed by atoms with E-state index in [1.54, 1.807) is 12.1 Å². The second kappa shape index (κ2) is 10.6. The number of rotatable bonds is 8. The van der Waals surface area contributed by atoms with Gasteiger partial charge in [-0.05, 0) is 65.8 Å². The monoisotopic (exact) mass is 506 g/mol. The summed E-state index contributed by atoms with van der Waals surface area (Å²) in [5, 5.41) is 2.88. The highest BCUT2D eigenvalue weighted by molar-refractivity contribution is 5.91. The second-order valence-electron chi connectivity index (χ2n) is 9.95. The Hall–Kier alpha value is -4.32. The number of carbonyl (C=O) groups excluding carboxylic acids is 2. The Kier molecular flexibility index (Phi) is 6.69. The summed E-state index contributed by atoms with van der Waals surface area (Å²) in [4.78, 5) is 27.7. The summed E-state index contributed by atoms with van der Waals surface area (Å²) >= 11 is 0. The first-order valence-corrected chi connectivity index (χ1v) is 13.2. The fourth-order valence-electron chi connectivity index (χ4n) is 5.08. The fraction of sp³-hybridized carbons (Fsp3) is 0.250. The van der Waals surface area contributed by atoms with E-state index >= 15 is 0 Å². The second-order valence-corrected chi connectivity index (χ2v) is 9.95. The van der Waals surface area contributed by atoms with Crippen LogP contribution in [0.25, 0.3) is 0 Å². The molecular formula is C32H30N2O4. The van der Waals surface area contributed by atoms with Crippen molar-refractivity contribution >= 4 is 11.8 Å². The van der Waals surface area contributed by atoms with Crippen LogP contribution in [-0.4, -0.2) is 23.3 Å². The Morgan fingerprint density at radius 1 is 0.921 bits per heavy atom. The van der Waals surface area contributed by atoms with E-state index in [1.807, 2.05) is 59.5 Å². The van der Waals surface area contributed by atoms with E-state index in [0.29, 0.717) is 18.1 Å². The van der Waals surface area contributed by atoms with Crippen LogP contribution in [0.5, 0.6) is 5.75 Å². The quantitative estimate of drug-likeness (QED) is 0.334. The third-order valence-corrected chi connectivity index (χ3v) is 7.23. The average Bonchev–Trinajstić information content (AvgIpc) is 3.71. The molecule has 1 aliphatic heterocycles. The Morgan fingerprint density at radius 3 is 2.45 bits per heavy atom. The summed E-state index contributed by atoms with van der Waals surface area (Å²) in [5.41, 5.74) is 4.47. The van der Waals surface area contributed by atoms with Crippen molar-refractivity contribution < 1.29 is 18.7 Å². The minimum absolute atomic E-state index is 0.125. The molecule has 6 nitrogen and oxygen atoms in total. The van der Waals surface area contributed by atoms with Crippen molar-refractivity contribution in [2.45, 2.75) is 38.5 Å². The first-order valence-electron chi connectivity index (χ1n) is 13.2. The van der Waals surface area contributed by atoms with Gasteiger partial charge in [-0.1, -0.05) is 66.7 Å². The van der Waals surface area contributed by atoms with Crippen LogP contribution in [0.2, 0.25) is 0 Å². The van der Waals surface area contributed by atoms with Gasteiger partial charge in [-0.3, -0.25) is 9.59 Å². The largest absolute Gasteiger partial charge is 0.486 e. The van der Waals surface area contributed by atoms with Gasteiger partial charge < -0.3 is 19.4 Å². The minimum Gasteiger partial charge on any atom is -0.486 e. The van der Waals surface area contributed by atoms with Crippen molar-refractivity contribution in [1.29, 1.82) is 0 Å². The smallest absolute Gasteiger partial charge is 0.287 e. The Bertz CT molecular complexity index is 1430. The normalized spacial score (nSPS) is 16.5. The van der Waals surface area contributed by atoms with E-state index in [9.17, 15) is 9.59 Å². The maximum atomic E-state index is 13.2. The topological polar surface area (TPSA) is 71.8 Å². The van der Waals surface area contributed by atoms with Crippen LogP contribution in [0, 0.1) is 5.92 Å². The van der Waals surface area contributed by atoms with E-state index in [4.69, 9.17) is 9.15 Å². The summed E-state index contributed by atoms with van der Waals surface area (Å²) < 4.78 is 11.8. The number of furan rings is 1. The van der Waals surface area contributed by atoms with Gasteiger partial charge in [0.05, 0.1) is 6.04 Å². The van der Waals surface area contributed by atoms with Crippen LogP contribution >= 0.6 is 0 Å². The van der Waals surface area contributed by atoms with E-state index in [1.165, 1.54) is 5.56 Å². The Labute approximate surface area is 222 Å². The zero-order chi connectivity index (χ0) is 25.9. The zero-order valence-electron chi connectivity index (χ0n) is 21.1. The molecule has 1 aromatic heterocycles. The van der Waals surface area contributed by atoms with E-state index in [2.05, 4.69) is 29.6 Å². The lowest BCUT2D eigenvalue weighted by Crippen LogP contribution is -2.41. The summed E-state index contributed by atoms with van der Waals surface area (Å²) in [6.07, 6.45) is 2.81. The van der Waals surface area contributed by atoms with Crippen molar-refractivity contribution in [3.05, 3.63) is 125 Å². The molecule has 1 fully saturated rings. The number of hydrogen-bond acceptors (Lipinski definition) is 4. The highest BCUT2D eigenvalue weighted by Crippen LogP contribution is 2.41. The first kappa shape index (κ1) is 24.0. The predicted molar refractivity (Wildman–Crippen MR) is 144 cm³/mol. The van der Waals surface area contributed by atoms with E-state index < -0.39 is 0 Å². The van der Waals surface area contributed by atoms with Crippen molar-refractivity contribution in [1.82, 2.24) is 10.2 Å². The molecule has 0 radical (unpaired) electrons. The molecule has 2 aliphatic rings. The van der Waals surface area contributed by atoms with Crippen LogP contribution < -0.4 is 10.1 Å². The molecular weight excluding hydrogens is 476 g/mol. The molecule has 3 aromatic carbocycles. The van der Waals surface area contributed by atoms with Crippen molar-refractivity contribution in [3.8, 4) is 5.75 Å². The maximum Gasteiger partial charge on any atom is 0.287 e. The van der Waals surface area contributed by atoms with Gasteiger partial charge >= 0.3 is 0 Å². The summed E-state index contributed by atoms with van der Waals surface area (Å²) in [6.45, 7) is 1.36. The molecule has 1 atom stereocenters. The molecule has 1 saturated carbocycles. The van der Waals surface area contributed by atoms with Gasteiger partial charge in [0, 0.05) is 19.0 Å². The number of benzene rings is 3. The van der Waals surface area contributed by atoms with Crippen LogP contribution in [0.1, 0.15) is 57.5 Å². The summed E-state index contributed by atoms with van der Waals surface area (Å²) in [7, 11) is 0. The lowest BCUT2D eigenvalue weighted by Gasteiger charge is -2.38. The number of nitrogens with one attached hydrogen (secondary N) is 1. The zero-order valence-corrected chi connectivity index (χ0v) is 21.1. The lowest BCUT2D eigenvalue weighted by molar-refractivity contribution is -0.134. The van der Waals surface area contributed by atoms with E-state index in [0.717, 1.165) is 42.5 Å². The molecule has 38 heavy (non-hydrogen) atoms. The molecule has 2 heterocycles. The molecule has 1 N–H and O–H groups in total. The van der Waals surface area contributed by atoms with Gasteiger partial charge in [0.25, 0.3) is 5.91 Å². The van der Waals surface area contributed by atoms with Gasteiger partial charge in [-0.2, -0.15) is 0 Å². The average molecular weight is 507 g/mol. The Morgan fingerprint density at radius 2 is 1.68 bits per heavy atom. The highest BCUT2D eigenvalue weighted by Gasteiger charge is 2.39. The van der Waals surface area contributed by atoms with Gasteiger partial charge in [0.15, 0.2) is 5.76 Å². The first-order chi connectivity index (χ1) is 18.7. The molecule has 6 heteroatoms. The molecule has 1 aliphatic carbocycles. The molecule has 6 rings (SSSR count). The summed E-state index contributed by atoms with van der Waals surface area (Å²) in [6, 6.07) is 29.4. The number of nitrogens with zero attached hydrogens (tertiary/aromatic N) is 1. The van der Waals surface area contributed by atoms with Crippen LogP contribution in [-0.2, 0) is 24.4 Å². The number of amides is 2. The fourth-order valence-corrected chi connectivity index (χ4v) is 5.08. The minimum atomic E-state index is -0.264. The standard InChI is InChI=1S/C32H30N2O4/c35-31(33-20-22-7-3-1-4-8-22)29-16-15-27(38-29)21-37-26-14-13-23-17-18-34(32(36)25-11-12-25)30(28(23)19-26)24-9-5-2-6-10-24/h1-10,13-16,19,25,30H,11-12,17-18,20-21H2,(H,33,35). The van der Waals surface area contributed by atoms with E-state index in [-0.39, 0.29) is 36.1 Å². The lowest BCUT2D eigenvalue weighted by atomic mass is 9.87. The molecule has 0 saturated heterocycles. The van der Waals surface area contributed by atoms with Crippen LogP contribution in [0.3, 0.4) is 0 Å². The third-order valence-electron chi connectivity index (χ3n) is 7.23. The van der Waals surface area contributed by atoms with Crippen molar-refractivity contribution in [2.75, 3.05) is 6.54 Å². The van der Waals surface area contributed by atoms with Crippen LogP contribution in [0.4, 0.5) is 0 Å². The van der Waals surface area contributed by atoms with Gasteiger partial charge in [-0.25, -0.2) is 0 Å². The maximum absolute atomic E-state index is 13.2. The number of fused-ring (bicyclic) bond motifs is 1. The van der Waals surface area contributed by atoms with Gasteiger partial charge in [0.1, 0.15) is 18.1 Å². The number of ether oxygens (including phenoxy) is 1. The highest BCUT2D eigenvalue weighted by atomic mass is 16.5. The number of hydrogen-bond donors (Lipinski definition) is 1. The SMILES string of the molecule is O=C(NCc1ccccc1)c1ccc(COc2ccc3c(c2)C(c2ccccc2)N(C(=O)C2CC2)CC3)o1. The van der Waals surface area contributed by atoms with Crippen LogP contribution in [0.15, 0.2) is 95.4 Å². The molecule has 0 bridgehead atoms. The molecule has 2 amide bonds. The molecule has 4 aromatic rings. The molecule has 1 unspecified atom stereocenters. The van der Waals surface area contributed by atoms with Gasteiger partial charge in [-0.15, -0.1) is 0 Å². The van der Waals surface area contributed by atoms with Crippen molar-refractivity contribution in [3.63, 3.8) is 0 Å². The summed E-state index contributed by atoms with van der Waals surface area (Å²) in [5.74, 6) is 1.68. The van der Waals surface area contributed by atoms with Gasteiger partial charge in [0.2, 0.25) is 5.91 Å². The van der Waals surface area contributed by atoms with Crippen molar-refractivity contribution in [2.24, 2.45) is 5.92 Å².